The first-order valence-electron chi connectivity index (χ1n) is 8.58. The summed E-state index contributed by atoms with van der Waals surface area (Å²) in [5.74, 6) is 0.0521. The highest BCUT2D eigenvalue weighted by atomic mass is 16.2. The van der Waals surface area contributed by atoms with Crippen LogP contribution in [0.15, 0.2) is 6.33 Å². The number of carbonyl (C=O) groups excluding carboxylic acids is 2. The highest BCUT2D eigenvalue weighted by Gasteiger charge is 2.24. The average molecular weight is 335 g/mol. The Bertz CT molecular complexity index is 582. The van der Waals surface area contributed by atoms with Crippen LogP contribution in [-0.2, 0) is 16.1 Å². The lowest BCUT2D eigenvalue weighted by Crippen LogP contribution is -2.40. The van der Waals surface area contributed by atoms with Gasteiger partial charge in [-0.25, -0.2) is 4.98 Å². The molecule has 1 N–H and O–H groups in total. The first-order chi connectivity index (χ1) is 11.4. The van der Waals surface area contributed by atoms with Crippen molar-refractivity contribution in [2.75, 3.05) is 33.7 Å². The first kappa shape index (κ1) is 18.4. The van der Waals surface area contributed by atoms with Gasteiger partial charge in [-0.2, -0.15) is 0 Å². The van der Waals surface area contributed by atoms with Gasteiger partial charge in [-0.05, 0) is 26.7 Å². The normalized spacial score (nSPS) is 18.6. The van der Waals surface area contributed by atoms with Gasteiger partial charge in [0, 0.05) is 51.9 Å². The summed E-state index contributed by atoms with van der Waals surface area (Å²) in [5.41, 5.74) is 2.26. The van der Waals surface area contributed by atoms with E-state index in [2.05, 4.69) is 21.8 Å². The van der Waals surface area contributed by atoms with Crippen LogP contribution in [0, 0.1) is 13.8 Å². The molecule has 0 aliphatic carbocycles. The van der Waals surface area contributed by atoms with Crippen molar-refractivity contribution in [1.29, 1.82) is 0 Å². The number of hydrogen-bond acceptors (Lipinski definition) is 4. The molecule has 0 saturated carbocycles. The van der Waals surface area contributed by atoms with E-state index in [0.29, 0.717) is 19.0 Å². The molecule has 0 spiro atoms. The summed E-state index contributed by atoms with van der Waals surface area (Å²) in [7, 11) is 3.43. The molecule has 1 saturated heterocycles. The number of likely N-dealkylation sites (N-methyl/N-ethyl adjacent to an activating group) is 1. The van der Waals surface area contributed by atoms with Gasteiger partial charge in [-0.1, -0.05) is 0 Å². The third-order valence-electron chi connectivity index (χ3n) is 4.76. The van der Waals surface area contributed by atoms with Gasteiger partial charge in [-0.15, -0.1) is 0 Å². The molecule has 0 unspecified atom stereocenters. The highest BCUT2D eigenvalue weighted by Crippen LogP contribution is 2.12. The lowest BCUT2D eigenvalue weighted by Gasteiger charge is -2.22. The van der Waals surface area contributed by atoms with E-state index < -0.39 is 0 Å². The van der Waals surface area contributed by atoms with Crippen LogP contribution in [0.5, 0.6) is 0 Å². The maximum atomic E-state index is 12.2. The Kier molecular flexibility index (Phi) is 6.36. The van der Waals surface area contributed by atoms with Crippen LogP contribution >= 0.6 is 0 Å². The molecular formula is C17H29N5O2. The average Bonchev–Trinajstić information content (AvgIpc) is 2.75. The number of hydrogen-bond donors (Lipinski definition) is 1. The molecule has 1 atom stereocenters. The molecule has 2 rings (SSSR count). The number of aromatic nitrogens is 2. The topological polar surface area (TPSA) is 70.5 Å². The highest BCUT2D eigenvalue weighted by molar-refractivity contribution is 5.84. The van der Waals surface area contributed by atoms with Crippen molar-refractivity contribution in [2.24, 2.45) is 0 Å². The molecular weight excluding hydrogens is 306 g/mol. The van der Waals surface area contributed by atoms with Gasteiger partial charge in [0.05, 0.1) is 18.6 Å². The molecule has 24 heavy (non-hydrogen) atoms. The second kappa shape index (κ2) is 8.28. The van der Waals surface area contributed by atoms with E-state index in [-0.39, 0.29) is 18.4 Å². The van der Waals surface area contributed by atoms with Gasteiger partial charge >= 0.3 is 0 Å². The summed E-state index contributed by atoms with van der Waals surface area (Å²) in [6, 6.07) is 0.318. The molecule has 2 amide bonds. The van der Waals surface area contributed by atoms with Crippen molar-refractivity contribution in [3.05, 3.63) is 17.7 Å². The predicted octanol–water partition coefficient (Wildman–Crippen LogP) is 0.559. The number of nitrogens with one attached hydrogen (secondary N) is 1. The van der Waals surface area contributed by atoms with Gasteiger partial charge in [0.25, 0.3) is 0 Å². The molecule has 0 aromatic carbocycles. The van der Waals surface area contributed by atoms with Gasteiger partial charge in [-0.3, -0.25) is 9.59 Å². The Morgan fingerprint density at radius 1 is 1.38 bits per heavy atom. The predicted molar refractivity (Wildman–Crippen MR) is 92.6 cm³/mol. The number of aryl methyl sites for hydroxylation is 1. The maximum Gasteiger partial charge on any atom is 0.241 e. The Balaban J connectivity index is 1.79. The van der Waals surface area contributed by atoms with E-state index in [1.54, 1.807) is 19.0 Å². The van der Waals surface area contributed by atoms with Crippen LogP contribution in [0.4, 0.5) is 0 Å². The largest absolute Gasteiger partial charge is 0.347 e. The minimum atomic E-state index is -0.0271. The summed E-state index contributed by atoms with van der Waals surface area (Å²) in [4.78, 5) is 31.5. The number of rotatable bonds is 6. The van der Waals surface area contributed by atoms with Crippen molar-refractivity contribution in [2.45, 2.75) is 45.7 Å². The smallest absolute Gasteiger partial charge is 0.241 e. The number of likely N-dealkylation sites (tertiary alicyclic amines) is 1. The maximum absolute atomic E-state index is 12.2. The molecule has 134 valence electrons. The van der Waals surface area contributed by atoms with Crippen molar-refractivity contribution < 1.29 is 9.59 Å². The van der Waals surface area contributed by atoms with Gasteiger partial charge in [0.15, 0.2) is 0 Å². The molecule has 0 bridgehead atoms. The standard InChI is InChI=1S/C17H29N5O2/c1-13-14(2)22(12-19-13)10-8-18-15-5-6-16(23)21(9-7-15)11-17(24)20(3)4/h12,15,18H,5-11H2,1-4H3/t15-/m0/s1. The van der Waals surface area contributed by atoms with E-state index in [4.69, 9.17) is 0 Å². The summed E-state index contributed by atoms with van der Waals surface area (Å²) >= 11 is 0. The summed E-state index contributed by atoms with van der Waals surface area (Å²) < 4.78 is 2.15. The van der Waals surface area contributed by atoms with Crippen LogP contribution in [0.2, 0.25) is 0 Å². The second-order valence-electron chi connectivity index (χ2n) is 6.69. The molecule has 1 fully saturated rings. The van der Waals surface area contributed by atoms with Crippen molar-refractivity contribution >= 4 is 11.8 Å². The molecule has 1 aromatic heterocycles. The molecule has 7 heteroatoms. The van der Waals surface area contributed by atoms with Gasteiger partial charge in [0.2, 0.25) is 11.8 Å². The van der Waals surface area contributed by atoms with E-state index in [0.717, 1.165) is 31.6 Å². The van der Waals surface area contributed by atoms with Crippen molar-refractivity contribution in [3.63, 3.8) is 0 Å². The number of imidazole rings is 1. The van der Waals surface area contributed by atoms with Crippen LogP contribution in [0.1, 0.15) is 30.7 Å². The molecule has 7 nitrogen and oxygen atoms in total. The fraction of sp³-hybridized carbons (Fsp3) is 0.706. The fourth-order valence-electron chi connectivity index (χ4n) is 2.87. The quantitative estimate of drug-likeness (QED) is 0.825. The molecule has 1 aliphatic rings. The third-order valence-corrected chi connectivity index (χ3v) is 4.76. The molecule has 2 heterocycles. The Morgan fingerprint density at radius 3 is 2.75 bits per heavy atom. The number of amides is 2. The minimum absolute atomic E-state index is 0.0271. The Morgan fingerprint density at radius 2 is 2.12 bits per heavy atom. The Hall–Kier alpha value is -1.89. The van der Waals surface area contributed by atoms with Crippen LogP contribution in [0.3, 0.4) is 0 Å². The van der Waals surface area contributed by atoms with Gasteiger partial charge in [0.1, 0.15) is 0 Å². The minimum Gasteiger partial charge on any atom is -0.347 e. The Labute approximate surface area is 144 Å². The monoisotopic (exact) mass is 335 g/mol. The van der Waals surface area contributed by atoms with Crippen LogP contribution in [-0.4, -0.2) is 70.9 Å². The number of carbonyl (C=O) groups is 2. The van der Waals surface area contributed by atoms with Crippen molar-refractivity contribution in [3.8, 4) is 0 Å². The van der Waals surface area contributed by atoms with E-state index in [9.17, 15) is 9.59 Å². The first-order valence-corrected chi connectivity index (χ1v) is 8.58. The third kappa shape index (κ3) is 4.80. The zero-order chi connectivity index (χ0) is 17.7. The number of nitrogens with zero attached hydrogens (tertiary/aromatic N) is 4. The van der Waals surface area contributed by atoms with E-state index >= 15 is 0 Å². The molecule has 0 radical (unpaired) electrons. The zero-order valence-corrected chi connectivity index (χ0v) is 15.2. The van der Waals surface area contributed by atoms with E-state index in [1.165, 1.54) is 10.6 Å². The second-order valence-corrected chi connectivity index (χ2v) is 6.69. The summed E-state index contributed by atoms with van der Waals surface area (Å²) in [6.07, 6.45) is 4.08. The fourth-order valence-corrected chi connectivity index (χ4v) is 2.87. The summed E-state index contributed by atoms with van der Waals surface area (Å²) in [5, 5.41) is 3.54. The molecule has 1 aromatic rings. The van der Waals surface area contributed by atoms with Crippen LogP contribution < -0.4 is 5.32 Å². The van der Waals surface area contributed by atoms with E-state index in [1.807, 2.05) is 13.3 Å². The van der Waals surface area contributed by atoms with Gasteiger partial charge < -0.3 is 19.7 Å². The lowest BCUT2D eigenvalue weighted by atomic mass is 10.1. The SMILES string of the molecule is Cc1ncn(CCN[C@H]2CCC(=O)N(CC(=O)N(C)C)CC2)c1C. The van der Waals surface area contributed by atoms with Crippen LogP contribution in [0.25, 0.3) is 0 Å². The summed E-state index contributed by atoms with van der Waals surface area (Å²) in [6.45, 7) is 6.64. The zero-order valence-electron chi connectivity index (χ0n) is 15.2. The molecule has 1 aliphatic heterocycles. The lowest BCUT2D eigenvalue weighted by molar-refractivity contribution is -0.138. The van der Waals surface area contributed by atoms with Crippen molar-refractivity contribution in [1.82, 2.24) is 24.7 Å².